The van der Waals surface area contributed by atoms with Gasteiger partial charge in [-0.15, -0.1) is 5.53 Å². The Kier molecular flexibility index (Phi) is 7.58. The second kappa shape index (κ2) is 11.5. The van der Waals surface area contributed by atoms with Crippen LogP contribution in [0.25, 0.3) is 10.9 Å². The van der Waals surface area contributed by atoms with Crippen LogP contribution in [-0.2, 0) is 5.44 Å². The van der Waals surface area contributed by atoms with Crippen molar-refractivity contribution < 1.29 is 4.39 Å². The Balaban J connectivity index is 1.49. The third-order valence-corrected chi connectivity index (χ3v) is 8.39. The molecule has 1 aromatic heterocycles. The maximum Gasteiger partial charge on any atom is 0.157 e. The molecule has 2 heterocycles. The number of hydrogen-bond donors (Lipinski definition) is 4. The molecule has 3 aromatic carbocycles. The van der Waals surface area contributed by atoms with E-state index in [9.17, 15) is 10.5 Å². The number of anilines is 2. The second-order valence-corrected chi connectivity index (χ2v) is 11.4. The first-order valence-corrected chi connectivity index (χ1v) is 14.6. The van der Waals surface area contributed by atoms with Crippen molar-refractivity contribution in [1.82, 2.24) is 21.0 Å². The van der Waals surface area contributed by atoms with E-state index in [1.165, 1.54) is 12.3 Å². The summed E-state index contributed by atoms with van der Waals surface area (Å²) in [6, 6.07) is 23.1. The molecule has 0 spiro atoms. The van der Waals surface area contributed by atoms with Gasteiger partial charge in [-0.05, 0) is 48.6 Å². The molecule has 43 heavy (non-hydrogen) atoms. The van der Waals surface area contributed by atoms with Crippen LogP contribution in [0.3, 0.4) is 0 Å². The van der Waals surface area contributed by atoms with E-state index in [-0.39, 0.29) is 33.2 Å². The number of fused-ring (bicyclic) bond motifs is 1. The molecule has 1 aliphatic heterocycles. The average Bonchev–Trinajstić information content (AvgIpc) is 3.77. The van der Waals surface area contributed by atoms with Gasteiger partial charge in [0, 0.05) is 18.4 Å². The van der Waals surface area contributed by atoms with Crippen molar-refractivity contribution in [2.24, 2.45) is 0 Å². The summed E-state index contributed by atoms with van der Waals surface area (Å²) in [7, 11) is 1.92. The van der Waals surface area contributed by atoms with Crippen LogP contribution in [0.1, 0.15) is 54.5 Å². The van der Waals surface area contributed by atoms with Crippen molar-refractivity contribution in [2.75, 3.05) is 10.6 Å². The molecule has 11 heteroatoms. The summed E-state index contributed by atoms with van der Waals surface area (Å²) in [5.41, 5.74) is 9.33. The van der Waals surface area contributed by atoms with E-state index in [2.05, 4.69) is 38.7 Å². The van der Waals surface area contributed by atoms with Crippen molar-refractivity contribution in [3.8, 4) is 12.1 Å². The highest BCUT2D eigenvalue weighted by molar-refractivity contribution is 6.36. The molecule has 8 nitrogen and oxygen atoms in total. The molecule has 1 saturated carbocycles. The topological polar surface area (TPSA) is 112 Å². The Morgan fingerprint density at radius 1 is 1.16 bits per heavy atom. The van der Waals surface area contributed by atoms with Gasteiger partial charge in [-0.25, -0.2) is 4.39 Å². The van der Waals surface area contributed by atoms with Gasteiger partial charge >= 0.3 is 0 Å². The normalized spacial score (nSPS) is 16.4. The summed E-state index contributed by atoms with van der Waals surface area (Å²) in [5, 5.41) is 28.8. The standard InChI is InChI=1S/C32H29BClFN8/c1-2-25(20-8-4-3-5-9-20)39-30-21(16-37)17-38-31-24(34)14-26(29(35)28(30)31)40-32(33,22-10-6-7-19(13-22)15-36)27-18-43(42-41-27)23-11-12-23/h3-10,13-14,17-18,23,25,40-42H,2,11-12,33H2,1H3,(H,38,39)/t25-,32?/m1/s1. The first kappa shape index (κ1) is 28.4. The van der Waals surface area contributed by atoms with E-state index in [1.807, 2.05) is 62.4 Å². The summed E-state index contributed by atoms with van der Waals surface area (Å²) in [6.45, 7) is 2.03. The number of hydrazine groups is 2. The van der Waals surface area contributed by atoms with Gasteiger partial charge in [-0.3, -0.25) is 9.99 Å². The van der Waals surface area contributed by atoms with Gasteiger partial charge in [0.15, 0.2) is 5.82 Å². The fraction of sp³-hybridized carbons (Fsp3) is 0.219. The maximum atomic E-state index is 16.8. The smallest absolute Gasteiger partial charge is 0.157 e. The van der Waals surface area contributed by atoms with E-state index in [0.717, 1.165) is 29.7 Å². The molecule has 6 rings (SSSR count). The van der Waals surface area contributed by atoms with Gasteiger partial charge < -0.3 is 16.1 Å². The lowest BCUT2D eigenvalue weighted by atomic mass is 9.69. The Morgan fingerprint density at radius 2 is 1.95 bits per heavy atom. The Labute approximate surface area is 255 Å². The molecule has 1 unspecified atom stereocenters. The number of aromatic nitrogens is 1. The minimum Gasteiger partial charge on any atom is -0.376 e. The lowest BCUT2D eigenvalue weighted by Crippen LogP contribution is -2.45. The largest absolute Gasteiger partial charge is 0.376 e. The van der Waals surface area contributed by atoms with E-state index < -0.39 is 11.3 Å². The number of benzene rings is 3. The fourth-order valence-electron chi connectivity index (χ4n) is 5.50. The summed E-state index contributed by atoms with van der Waals surface area (Å²) >= 11 is 6.77. The minimum absolute atomic E-state index is 0.127. The SMILES string of the molecule is BC(Nc1cc(Cl)c2ncc(C#N)c(N[C@H](CC)c3ccccc3)c2c1F)(C1=CN(C2CC2)NN1)c1cccc(C#N)c1. The van der Waals surface area contributed by atoms with Crippen molar-refractivity contribution in [2.45, 2.75) is 43.7 Å². The number of nitriles is 2. The molecular formula is C32H29BClFN8. The van der Waals surface area contributed by atoms with E-state index in [1.54, 1.807) is 18.2 Å². The zero-order valence-electron chi connectivity index (χ0n) is 23.7. The van der Waals surface area contributed by atoms with Crippen LogP contribution in [0.4, 0.5) is 15.8 Å². The van der Waals surface area contributed by atoms with E-state index in [4.69, 9.17) is 11.6 Å². The Hall–Kier alpha value is -4.77. The molecule has 1 aliphatic carbocycles. The lowest BCUT2D eigenvalue weighted by Gasteiger charge is -2.34. The maximum absolute atomic E-state index is 16.8. The summed E-state index contributed by atoms with van der Waals surface area (Å²) in [4.78, 5) is 4.37. The monoisotopic (exact) mass is 590 g/mol. The van der Waals surface area contributed by atoms with Crippen LogP contribution in [0.5, 0.6) is 0 Å². The van der Waals surface area contributed by atoms with Crippen molar-refractivity contribution in [3.63, 3.8) is 0 Å². The molecule has 0 amide bonds. The van der Waals surface area contributed by atoms with Crippen LogP contribution in [0, 0.1) is 28.5 Å². The van der Waals surface area contributed by atoms with Crippen LogP contribution in [0.15, 0.2) is 78.8 Å². The molecule has 1 fully saturated rings. The number of nitrogens with one attached hydrogen (secondary N) is 4. The number of halogens is 2. The third-order valence-electron chi connectivity index (χ3n) is 8.10. The van der Waals surface area contributed by atoms with E-state index >= 15 is 4.39 Å². The first-order chi connectivity index (χ1) is 20.9. The Bertz CT molecular complexity index is 1810. The van der Waals surface area contributed by atoms with Crippen LogP contribution >= 0.6 is 11.6 Å². The molecular weight excluding hydrogens is 562 g/mol. The van der Waals surface area contributed by atoms with Gasteiger partial charge in [0.25, 0.3) is 0 Å². The number of pyridine rings is 1. The highest BCUT2D eigenvalue weighted by Gasteiger charge is 2.39. The zero-order chi connectivity index (χ0) is 30.1. The van der Waals surface area contributed by atoms with Crippen molar-refractivity contribution >= 4 is 41.7 Å². The Morgan fingerprint density at radius 3 is 2.65 bits per heavy atom. The predicted octanol–water partition coefficient (Wildman–Crippen LogP) is 5.56. The molecule has 0 bridgehead atoms. The molecule has 4 N–H and O–H groups in total. The molecule has 0 saturated heterocycles. The summed E-state index contributed by atoms with van der Waals surface area (Å²) in [5.74, 6) is -0.595. The number of hydrogen-bond acceptors (Lipinski definition) is 8. The van der Waals surface area contributed by atoms with Gasteiger partial charge in [0.1, 0.15) is 13.9 Å². The highest BCUT2D eigenvalue weighted by atomic mass is 35.5. The van der Waals surface area contributed by atoms with Crippen molar-refractivity contribution in [1.29, 1.82) is 10.5 Å². The van der Waals surface area contributed by atoms with Gasteiger partial charge in [-0.2, -0.15) is 10.5 Å². The summed E-state index contributed by atoms with van der Waals surface area (Å²) in [6.07, 6.45) is 6.24. The third kappa shape index (κ3) is 5.32. The molecule has 4 aromatic rings. The fourth-order valence-corrected chi connectivity index (χ4v) is 5.75. The predicted molar refractivity (Wildman–Crippen MR) is 169 cm³/mol. The first-order valence-electron chi connectivity index (χ1n) is 14.2. The van der Waals surface area contributed by atoms with Crippen LogP contribution in [0.2, 0.25) is 5.02 Å². The molecule has 2 aliphatic rings. The van der Waals surface area contributed by atoms with Gasteiger partial charge in [-0.1, -0.05) is 61.0 Å². The van der Waals surface area contributed by atoms with Gasteiger partial charge in [0.05, 0.1) is 61.7 Å². The van der Waals surface area contributed by atoms with Crippen molar-refractivity contribution in [3.05, 3.63) is 112 Å². The highest BCUT2D eigenvalue weighted by Crippen LogP contribution is 2.41. The van der Waals surface area contributed by atoms with Gasteiger partial charge in [0.2, 0.25) is 0 Å². The zero-order valence-corrected chi connectivity index (χ0v) is 24.5. The minimum atomic E-state index is -1.01. The van der Waals surface area contributed by atoms with Crippen LogP contribution < -0.4 is 21.6 Å². The second-order valence-electron chi connectivity index (χ2n) is 11.0. The molecule has 0 radical (unpaired) electrons. The average molecular weight is 591 g/mol. The molecule has 214 valence electrons. The molecule has 2 atom stereocenters. The van der Waals surface area contributed by atoms with E-state index in [0.29, 0.717) is 23.7 Å². The lowest BCUT2D eigenvalue weighted by molar-refractivity contribution is 0.260. The quantitative estimate of drug-likeness (QED) is 0.188. The number of rotatable bonds is 9. The van der Waals surface area contributed by atoms with Crippen LogP contribution in [-0.4, -0.2) is 23.9 Å². The number of nitrogens with zero attached hydrogens (tertiary/aromatic N) is 4. The summed E-state index contributed by atoms with van der Waals surface area (Å²) < 4.78 is 16.8.